The maximum Gasteiger partial charge on any atom is 0.287 e. The molecule has 0 unspecified atom stereocenters. The van der Waals surface area contributed by atoms with E-state index in [4.69, 9.17) is 14.4 Å². The molecule has 0 radical (unpaired) electrons. The number of hydrogen-bond acceptors (Lipinski definition) is 5. The highest BCUT2D eigenvalue weighted by Crippen LogP contribution is 2.20. The lowest BCUT2D eigenvalue weighted by atomic mass is 10.1. The first kappa shape index (κ1) is 19.0. The number of benzene rings is 1. The quantitative estimate of drug-likeness (QED) is 0.813. The molecule has 0 bridgehead atoms. The second-order valence-electron chi connectivity index (χ2n) is 7.12. The van der Waals surface area contributed by atoms with Gasteiger partial charge in [-0.15, -0.1) is 0 Å². The number of hydrogen-bond donors (Lipinski definition) is 1. The molecule has 0 spiro atoms. The summed E-state index contributed by atoms with van der Waals surface area (Å²) in [6.45, 7) is 7.32. The van der Waals surface area contributed by atoms with Crippen LogP contribution in [-0.2, 0) is 6.61 Å². The first-order chi connectivity index (χ1) is 13.1. The Kier molecular flexibility index (Phi) is 6.15. The molecule has 1 fully saturated rings. The lowest BCUT2D eigenvalue weighted by Crippen LogP contribution is -2.32. The second-order valence-corrected chi connectivity index (χ2v) is 7.12. The van der Waals surface area contributed by atoms with Crippen LogP contribution in [0.1, 0.15) is 42.1 Å². The third kappa shape index (κ3) is 4.89. The molecule has 1 aromatic heterocycles. The smallest absolute Gasteiger partial charge is 0.287 e. The van der Waals surface area contributed by atoms with E-state index in [1.54, 1.807) is 36.4 Å². The van der Waals surface area contributed by atoms with Gasteiger partial charge in [0.1, 0.15) is 24.2 Å². The van der Waals surface area contributed by atoms with E-state index in [9.17, 15) is 4.79 Å². The van der Waals surface area contributed by atoms with Crippen LogP contribution in [0.5, 0.6) is 5.75 Å². The molecule has 1 aliphatic rings. The average molecular weight is 367 g/mol. The summed E-state index contributed by atoms with van der Waals surface area (Å²) >= 11 is 0. The van der Waals surface area contributed by atoms with Crippen molar-refractivity contribution in [1.29, 1.82) is 5.26 Å². The summed E-state index contributed by atoms with van der Waals surface area (Å²) in [6, 6.07) is 13.0. The van der Waals surface area contributed by atoms with Gasteiger partial charge in [-0.3, -0.25) is 4.79 Å². The number of para-hydroxylation sites is 1. The van der Waals surface area contributed by atoms with E-state index >= 15 is 0 Å². The molecule has 1 atom stereocenters. The normalized spacial score (nSPS) is 17.0. The molecule has 1 aliphatic heterocycles. The van der Waals surface area contributed by atoms with Crippen molar-refractivity contribution in [2.24, 2.45) is 5.92 Å². The molecule has 6 heteroatoms. The summed E-state index contributed by atoms with van der Waals surface area (Å²) in [7, 11) is 0. The lowest BCUT2D eigenvalue weighted by molar-refractivity contribution is 0.0915. The van der Waals surface area contributed by atoms with Crippen molar-refractivity contribution in [1.82, 2.24) is 10.2 Å². The molecule has 3 rings (SSSR count). The summed E-state index contributed by atoms with van der Waals surface area (Å²) in [5.74, 6) is 1.59. The zero-order chi connectivity index (χ0) is 19.2. The summed E-state index contributed by atoms with van der Waals surface area (Å²) in [6.07, 6.45) is 1.11. The van der Waals surface area contributed by atoms with Crippen LogP contribution in [0, 0.1) is 17.2 Å². The minimum Gasteiger partial charge on any atom is -0.484 e. The van der Waals surface area contributed by atoms with Crippen molar-refractivity contribution >= 4 is 5.91 Å². The van der Waals surface area contributed by atoms with Crippen molar-refractivity contribution in [2.75, 3.05) is 19.6 Å². The summed E-state index contributed by atoms with van der Waals surface area (Å²) in [4.78, 5) is 14.7. The van der Waals surface area contributed by atoms with Crippen LogP contribution >= 0.6 is 0 Å². The Balaban J connectivity index is 1.49. The summed E-state index contributed by atoms with van der Waals surface area (Å²) < 4.78 is 11.2. The molecule has 1 aromatic carbocycles. The fourth-order valence-electron chi connectivity index (χ4n) is 3.23. The Hall–Kier alpha value is -2.78. The zero-order valence-electron chi connectivity index (χ0n) is 15.8. The van der Waals surface area contributed by atoms with Crippen LogP contribution < -0.4 is 10.1 Å². The number of amides is 1. The molecule has 2 aromatic rings. The first-order valence-corrected chi connectivity index (χ1v) is 9.29. The summed E-state index contributed by atoms with van der Waals surface area (Å²) in [5.41, 5.74) is 0.467. The molecule has 1 saturated heterocycles. The number of nitrogens with zero attached hydrogens (tertiary/aromatic N) is 2. The molecule has 27 heavy (non-hydrogen) atoms. The Bertz CT molecular complexity index is 822. The number of carbonyl (C=O) groups is 1. The van der Waals surface area contributed by atoms with Gasteiger partial charge in [0.25, 0.3) is 5.91 Å². The predicted octanol–water partition coefficient (Wildman–Crippen LogP) is 3.19. The monoisotopic (exact) mass is 367 g/mol. The van der Waals surface area contributed by atoms with Crippen LogP contribution in [-0.4, -0.2) is 36.5 Å². The first-order valence-electron chi connectivity index (χ1n) is 9.29. The SMILES string of the molecule is CC(C)N1CC[C@H](CNC(=O)c2ccc(COc3ccccc3C#N)o2)C1. The van der Waals surface area contributed by atoms with Gasteiger partial charge in [-0.25, -0.2) is 0 Å². The van der Waals surface area contributed by atoms with Crippen LogP contribution in [0.4, 0.5) is 0 Å². The van der Waals surface area contributed by atoms with Gasteiger partial charge in [0.15, 0.2) is 5.76 Å². The van der Waals surface area contributed by atoms with E-state index in [2.05, 4.69) is 30.1 Å². The van der Waals surface area contributed by atoms with Gasteiger partial charge in [-0.05, 0) is 57.0 Å². The number of nitriles is 1. The number of likely N-dealkylation sites (tertiary alicyclic amines) is 1. The number of furan rings is 1. The molecular weight excluding hydrogens is 342 g/mol. The van der Waals surface area contributed by atoms with E-state index in [0.717, 1.165) is 19.5 Å². The molecule has 6 nitrogen and oxygen atoms in total. The number of carbonyl (C=O) groups excluding carboxylic acids is 1. The van der Waals surface area contributed by atoms with Gasteiger partial charge in [0, 0.05) is 19.1 Å². The third-order valence-corrected chi connectivity index (χ3v) is 4.86. The average Bonchev–Trinajstić information content (AvgIpc) is 3.34. The Morgan fingerprint density at radius 2 is 2.19 bits per heavy atom. The number of ether oxygens (including phenoxy) is 1. The molecule has 1 N–H and O–H groups in total. The molecule has 1 amide bonds. The van der Waals surface area contributed by atoms with Gasteiger partial charge in [0.05, 0.1) is 5.56 Å². The van der Waals surface area contributed by atoms with E-state index < -0.39 is 0 Å². The van der Waals surface area contributed by atoms with E-state index in [-0.39, 0.29) is 18.3 Å². The predicted molar refractivity (Wildman–Crippen MR) is 101 cm³/mol. The lowest BCUT2D eigenvalue weighted by Gasteiger charge is -2.20. The van der Waals surface area contributed by atoms with Crippen LogP contribution in [0.15, 0.2) is 40.8 Å². The van der Waals surface area contributed by atoms with E-state index in [0.29, 0.717) is 35.6 Å². The zero-order valence-corrected chi connectivity index (χ0v) is 15.8. The van der Waals surface area contributed by atoms with Gasteiger partial charge in [-0.2, -0.15) is 5.26 Å². The van der Waals surface area contributed by atoms with Crippen molar-refractivity contribution in [3.05, 3.63) is 53.5 Å². The maximum atomic E-state index is 12.3. The van der Waals surface area contributed by atoms with Gasteiger partial charge < -0.3 is 19.4 Å². The molecular formula is C21H25N3O3. The van der Waals surface area contributed by atoms with Crippen molar-refractivity contribution in [3.63, 3.8) is 0 Å². The van der Waals surface area contributed by atoms with Gasteiger partial charge in [-0.1, -0.05) is 12.1 Å². The Morgan fingerprint density at radius 3 is 2.93 bits per heavy atom. The minimum absolute atomic E-state index is 0.165. The Labute approximate surface area is 159 Å². The highest BCUT2D eigenvalue weighted by Gasteiger charge is 2.24. The second kappa shape index (κ2) is 8.74. The van der Waals surface area contributed by atoms with Crippen molar-refractivity contribution in [2.45, 2.75) is 32.9 Å². The van der Waals surface area contributed by atoms with Crippen molar-refractivity contribution < 1.29 is 13.9 Å². The molecule has 0 saturated carbocycles. The van der Waals surface area contributed by atoms with E-state index in [1.165, 1.54) is 0 Å². The van der Waals surface area contributed by atoms with Gasteiger partial charge >= 0.3 is 0 Å². The highest BCUT2D eigenvalue weighted by molar-refractivity contribution is 5.91. The fourth-order valence-corrected chi connectivity index (χ4v) is 3.23. The molecule has 142 valence electrons. The number of nitrogens with one attached hydrogen (secondary N) is 1. The van der Waals surface area contributed by atoms with Gasteiger partial charge in [0.2, 0.25) is 0 Å². The van der Waals surface area contributed by atoms with Crippen LogP contribution in [0.2, 0.25) is 0 Å². The summed E-state index contributed by atoms with van der Waals surface area (Å²) in [5, 5.41) is 12.0. The molecule has 2 heterocycles. The van der Waals surface area contributed by atoms with Crippen LogP contribution in [0.25, 0.3) is 0 Å². The standard InChI is InChI=1S/C21H25N3O3/c1-15(2)24-10-9-16(13-24)12-23-21(25)20-8-7-18(27-20)14-26-19-6-4-3-5-17(19)11-22/h3-8,15-16H,9-10,12-14H2,1-2H3,(H,23,25)/t16-/m1/s1. The highest BCUT2D eigenvalue weighted by atomic mass is 16.5. The maximum absolute atomic E-state index is 12.3. The van der Waals surface area contributed by atoms with E-state index in [1.807, 2.05) is 0 Å². The molecule has 0 aliphatic carbocycles. The fraction of sp³-hybridized carbons (Fsp3) is 0.429. The number of rotatable bonds is 7. The Morgan fingerprint density at radius 1 is 1.37 bits per heavy atom. The minimum atomic E-state index is -0.207. The van der Waals surface area contributed by atoms with Crippen LogP contribution in [0.3, 0.4) is 0 Å². The van der Waals surface area contributed by atoms with Crippen molar-refractivity contribution in [3.8, 4) is 11.8 Å². The topological polar surface area (TPSA) is 78.5 Å². The third-order valence-electron chi connectivity index (χ3n) is 4.86. The largest absolute Gasteiger partial charge is 0.484 e.